The second-order valence-corrected chi connectivity index (χ2v) is 21.6. The van der Waals surface area contributed by atoms with E-state index in [4.69, 9.17) is 0 Å². The molecule has 0 bridgehead atoms. The monoisotopic (exact) mass is 900 g/mol. The van der Waals surface area contributed by atoms with Crippen LogP contribution in [0.25, 0.3) is 44.5 Å². The third-order valence-electron chi connectivity index (χ3n) is 15.5. The molecule has 2 nitrogen and oxygen atoms in total. The highest BCUT2D eigenvalue weighted by Crippen LogP contribution is 2.67. The lowest BCUT2D eigenvalue weighted by Crippen LogP contribution is -2.60. The summed E-state index contributed by atoms with van der Waals surface area (Å²) in [5.74, 6) is 0. The third-order valence-corrected chi connectivity index (χ3v) is 16.9. The van der Waals surface area contributed by atoms with Crippen LogP contribution in [0.4, 0.5) is 34.1 Å². The molecular weight excluding hydrogens is 852 g/mol. The van der Waals surface area contributed by atoms with Crippen LogP contribution in [0.2, 0.25) is 0 Å². The Balaban J connectivity index is 1.10. The van der Waals surface area contributed by atoms with Gasteiger partial charge in [-0.3, -0.25) is 0 Å². The van der Waals surface area contributed by atoms with Crippen LogP contribution in [0.1, 0.15) is 59.0 Å². The second-order valence-electron chi connectivity index (χ2n) is 20.5. The lowest BCUT2D eigenvalue weighted by Gasteiger charge is -2.44. The number of thiophene rings is 1. The summed E-state index contributed by atoms with van der Waals surface area (Å²) in [7, 11) is 0. The number of nitrogens with zero attached hydrogens (tertiary/aromatic N) is 2. The molecule has 0 fully saturated rings. The highest BCUT2D eigenvalue weighted by molar-refractivity contribution is 7.30. The molecule has 69 heavy (non-hydrogen) atoms. The summed E-state index contributed by atoms with van der Waals surface area (Å²) in [5.41, 5.74) is 27.9. The Bertz CT molecular complexity index is 3700. The molecule has 2 aliphatic heterocycles. The Morgan fingerprint density at radius 2 is 1.03 bits per heavy atom. The second kappa shape index (κ2) is 14.7. The smallest absolute Gasteiger partial charge is 0.264 e. The Labute approximate surface area is 409 Å². The quantitative estimate of drug-likeness (QED) is 0.162. The third kappa shape index (κ3) is 5.61. The fourth-order valence-corrected chi connectivity index (χ4v) is 14.2. The van der Waals surface area contributed by atoms with Crippen molar-refractivity contribution in [3.8, 4) is 44.5 Å². The van der Waals surface area contributed by atoms with Crippen molar-refractivity contribution in [1.82, 2.24) is 0 Å². The van der Waals surface area contributed by atoms with E-state index in [0.717, 1.165) is 5.69 Å². The molecule has 1 aromatic heterocycles. The summed E-state index contributed by atoms with van der Waals surface area (Å²) >= 11 is 2.06. The van der Waals surface area contributed by atoms with Gasteiger partial charge < -0.3 is 9.80 Å². The molecule has 2 aliphatic carbocycles. The summed E-state index contributed by atoms with van der Waals surface area (Å²) in [6.07, 6.45) is 0. The highest BCUT2D eigenvalue weighted by Gasteiger charge is 2.57. The SMILES string of the molecule is Cc1cc2c3c(c1)N(c1ccccc1)c1c(sc4c1-c1ccc(C)cc1C41c4ccccc4-c4ccccc41)B3c1ccc(-c3ccccc3-c3ccccc3)cc1N2c1ccc(C(C)(C)C)cc1. The lowest BCUT2D eigenvalue weighted by molar-refractivity contribution is 0.590. The average molecular weight is 901 g/mol. The number of fused-ring (bicyclic) bond motifs is 15. The zero-order valence-corrected chi connectivity index (χ0v) is 40.3. The van der Waals surface area contributed by atoms with E-state index in [0.29, 0.717) is 0 Å². The van der Waals surface area contributed by atoms with Gasteiger partial charge in [-0.25, -0.2) is 0 Å². The van der Waals surface area contributed by atoms with E-state index in [1.54, 1.807) is 0 Å². The summed E-state index contributed by atoms with van der Waals surface area (Å²) in [4.78, 5) is 6.64. The van der Waals surface area contributed by atoms with Gasteiger partial charge in [-0.1, -0.05) is 190 Å². The van der Waals surface area contributed by atoms with E-state index in [1.165, 1.54) is 127 Å². The fourth-order valence-electron chi connectivity index (χ4n) is 12.5. The van der Waals surface area contributed by atoms with Gasteiger partial charge in [0, 0.05) is 43.7 Å². The van der Waals surface area contributed by atoms with E-state index in [1.807, 2.05) is 0 Å². The Morgan fingerprint density at radius 3 is 1.70 bits per heavy atom. The molecule has 10 aromatic rings. The van der Waals surface area contributed by atoms with Gasteiger partial charge in [-0.05, 0) is 139 Å². The van der Waals surface area contributed by atoms with Gasteiger partial charge in [0.05, 0.1) is 11.1 Å². The van der Waals surface area contributed by atoms with Crippen molar-refractivity contribution in [3.05, 3.63) is 245 Å². The van der Waals surface area contributed by atoms with E-state index >= 15 is 0 Å². The van der Waals surface area contributed by atoms with Gasteiger partial charge in [0.25, 0.3) is 6.71 Å². The molecule has 1 spiro atoms. The summed E-state index contributed by atoms with van der Waals surface area (Å²) in [5, 5.41) is 0. The van der Waals surface area contributed by atoms with E-state index < -0.39 is 5.41 Å². The Kier molecular flexibility index (Phi) is 8.60. The molecule has 0 saturated carbocycles. The molecule has 4 heteroatoms. The number of aryl methyl sites for hydroxylation is 2. The van der Waals surface area contributed by atoms with E-state index in [2.05, 4.69) is 262 Å². The van der Waals surface area contributed by atoms with Crippen LogP contribution in [0.15, 0.2) is 206 Å². The molecule has 0 saturated heterocycles. The molecule has 3 heterocycles. The molecular formula is C65H49BN2S. The maximum absolute atomic E-state index is 2.64. The van der Waals surface area contributed by atoms with Crippen molar-refractivity contribution >= 4 is 67.9 Å². The van der Waals surface area contributed by atoms with Gasteiger partial charge in [-0.2, -0.15) is 0 Å². The maximum Gasteiger partial charge on any atom is 0.264 e. The van der Waals surface area contributed by atoms with Gasteiger partial charge >= 0.3 is 0 Å². The van der Waals surface area contributed by atoms with Crippen molar-refractivity contribution < 1.29 is 0 Å². The number of para-hydroxylation sites is 1. The summed E-state index contributed by atoms with van der Waals surface area (Å²) < 4.78 is 1.40. The number of rotatable bonds is 4. The zero-order chi connectivity index (χ0) is 46.3. The van der Waals surface area contributed by atoms with Gasteiger partial charge in [0.1, 0.15) is 0 Å². The maximum atomic E-state index is 2.64. The van der Waals surface area contributed by atoms with Crippen molar-refractivity contribution in [1.29, 1.82) is 0 Å². The Hall–Kier alpha value is -7.66. The topological polar surface area (TPSA) is 6.48 Å². The zero-order valence-electron chi connectivity index (χ0n) is 39.5. The fraction of sp³-hybridized carbons (Fsp3) is 0.108. The van der Waals surface area contributed by atoms with Crippen LogP contribution < -0.4 is 25.5 Å². The van der Waals surface area contributed by atoms with Crippen LogP contribution >= 0.6 is 11.3 Å². The first-order chi connectivity index (χ1) is 33.7. The van der Waals surface area contributed by atoms with Gasteiger partial charge in [0.15, 0.2) is 0 Å². The van der Waals surface area contributed by atoms with Crippen LogP contribution in [0, 0.1) is 13.8 Å². The molecule has 4 aliphatic rings. The first-order valence-electron chi connectivity index (χ1n) is 24.4. The predicted molar refractivity (Wildman–Crippen MR) is 294 cm³/mol. The number of hydrogen-bond donors (Lipinski definition) is 0. The minimum Gasteiger partial charge on any atom is -0.311 e. The highest BCUT2D eigenvalue weighted by atomic mass is 32.1. The van der Waals surface area contributed by atoms with E-state index in [-0.39, 0.29) is 12.1 Å². The van der Waals surface area contributed by atoms with Crippen molar-refractivity contribution in [2.24, 2.45) is 0 Å². The average Bonchev–Trinajstić information content (AvgIpc) is 4.00. The van der Waals surface area contributed by atoms with Crippen LogP contribution in [0.5, 0.6) is 0 Å². The first kappa shape index (κ1) is 40.4. The van der Waals surface area contributed by atoms with Crippen molar-refractivity contribution in [3.63, 3.8) is 0 Å². The normalized spacial score (nSPS) is 14.2. The predicted octanol–water partition coefficient (Wildman–Crippen LogP) is 15.4. The largest absolute Gasteiger partial charge is 0.311 e. The molecule has 0 atom stereocenters. The molecule has 9 aromatic carbocycles. The molecule has 0 amide bonds. The summed E-state index contributed by atoms with van der Waals surface area (Å²) in [6.45, 7) is 11.4. The summed E-state index contributed by atoms with van der Waals surface area (Å²) in [6, 6.07) is 78.3. The van der Waals surface area contributed by atoms with Crippen LogP contribution in [-0.4, -0.2) is 6.71 Å². The standard InChI is InChI=1S/C65H49BN2S/c1-40-28-34-51-54(36-40)65(52-26-16-14-24-49(52)50-25-15-17-27-53(50)65)62-59(51)61-63(69-62)66-55-35-29-43(48-23-13-12-22-47(48)42-18-8-6-9-19-42)39-56(55)67(46-32-30-44(31-33-46)64(3,4)5)57-37-41(2)38-58(60(57)66)68(61)45-20-10-7-11-21-45/h6-39H,1-5H3. The molecule has 0 unspecified atom stereocenters. The number of anilines is 6. The van der Waals surface area contributed by atoms with Crippen LogP contribution in [0.3, 0.4) is 0 Å². The van der Waals surface area contributed by atoms with Gasteiger partial charge in [-0.15, -0.1) is 11.3 Å². The lowest BCUT2D eigenvalue weighted by atomic mass is 9.36. The Morgan fingerprint density at radius 1 is 0.449 bits per heavy atom. The molecule has 0 N–H and O–H groups in total. The van der Waals surface area contributed by atoms with Crippen molar-refractivity contribution in [2.45, 2.75) is 45.4 Å². The van der Waals surface area contributed by atoms with E-state index in [9.17, 15) is 0 Å². The van der Waals surface area contributed by atoms with Gasteiger partial charge in [0.2, 0.25) is 0 Å². The van der Waals surface area contributed by atoms with Crippen LogP contribution in [-0.2, 0) is 10.8 Å². The number of hydrogen-bond acceptors (Lipinski definition) is 3. The molecule has 328 valence electrons. The molecule has 14 rings (SSSR count). The number of benzene rings is 9. The van der Waals surface area contributed by atoms with Crippen molar-refractivity contribution in [2.75, 3.05) is 9.80 Å². The first-order valence-corrected chi connectivity index (χ1v) is 25.2. The minimum absolute atomic E-state index is 0.0162. The minimum atomic E-state index is -0.456. The molecule has 0 radical (unpaired) electrons.